The predicted octanol–water partition coefficient (Wildman–Crippen LogP) is 4.83. The van der Waals surface area contributed by atoms with E-state index < -0.39 is 68.0 Å². The molecule has 0 unspecified atom stereocenters. The summed E-state index contributed by atoms with van der Waals surface area (Å²) in [6, 6.07) is 5.44. The van der Waals surface area contributed by atoms with Gasteiger partial charge in [-0.15, -0.1) is 0 Å². The van der Waals surface area contributed by atoms with Crippen LogP contribution in [0.1, 0.15) is 49.4 Å². The molecule has 46 heavy (non-hydrogen) atoms. The molecule has 2 bridgehead atoms. The van der Waals surface area contributed by atoms with Crippen LogP contribution in [0.5, 0.6) is 11.5 Å². The minimum atomic E-state index is -5.65. The molecular formula is C31H34F4N2O8S. The van der Waals surface area contributed by atoms with Crippen molar-refractivity contribution >= 4 is 27.3 Å². The van der Waals surface area contributed by atoms with Gasteiger partial charge in [-0.05, 0) is 62.3 Å². The van der Waals surface area contributed by atoms with Gasteiger partial charge in [-0.25, -0.2) is 12.8 Å². The highest BCUT2D eigenvalue weighted by molar-refractivity contribution is 7.92. The van der Waals surface area contributed by atoms with Gasteiger partial charge < -0.3 is 29.6 Å². The maximum Gasteiger partial charge on any atom is 0.501 e. The molecule has 0 radical (unpaired) electrons. The van der Waals surface area contributed by atoms with Crippen LogP contribution in [0.4, 0.5) is 23.2 Å². The quantitative estimate of drug-likeness (QED) is 0.383. The number of carbonyl (C=O) groups excluding carboxylic acids is 2. The summed E-state index contributed by atoms with van der Waals surface area (Å²) in [5.41, 5.74) is -5.69. The number of amides is 2. The molecule has 10 nitrogen and oxygen atoms in total. The van der Waals surface area contributed by atoms with Gasteiger partial charge >= 0.3 is 5.51 Å². The maximum absolute atomic E-state index is 15.0. The molecule has 0 spiro atoms. The van der Waals surface area contributed by atoms with Gasteiger partial charge in [-0.2, -0.15) is 13.2 Å². The molecular weight excluding hydrogens is 636 g/mol. The fourth-order valence-corrected chi connectivity index (χ4v) is 8.13. The van der Waals surface area contributed by atoms with Gasteiger partial charge in [0.15, 0.2) is 11.6 Å². The molecule has 250 valence electrons. The largest absolute Gasteiger partial charge is 0.501 e. The number of carbonyl (C=O) groups is 2. The first-order chi connectivity index (χ1) is 21.8. The number of methoxy groups -OCH3 is 1. The number of benzene rings is 2. The van der Waals surface area contributed by atoms with E-state index in [0.717, 1.165) is 49.9 Å². The number of alkyl halides is 3. The Morgan fingerprint density at radius 2 is 1.67 bits per heavy atom. The van der Waals surface area contributed by atoms with Crippen molar-refractivity contribution in [2.24, 2.45) is 23.7 Å². The van der Waals surface area contributed by atoms with Crippen LogP contribution in [0.2, 0.25) is 0 Å². The average molecular weight is 671 g/mol. The van der Waals surface area contributed by atoms with Crippen LogP contribution in [0.3, 0.4) is 0 Å². The fraction of sp³-hybridized carbons (Fsp3) is 0.548. The van der Waals surface area contributed by atoms with E-state index in [1.165, 1.54) is 19.2 Å². The molecule has 1 saturated heterocycles. The molecule has 15 heteroatoms. The molecule has 6 rings (SSSR count). The molecule has 2 aromatic carbocycles. The van der Waals surface area contributed by atoms with E-state index in [-0.39, 0.29) is 41.6 Å². The zero-order valence-electron chi connectivity index (χ0n) is 25.0. The molecule has 1 heterocycles. The van der Waals surface area contributed by atoms with E-state index in [4.69, 9.17) is 18.9 Å². The summed E-state index contributed by atoms with van der Waals surface area (Å²) in [4.78, 5) is 26.5. The third-order valence-electron chi connectivity index (χ3n) is 9.61. The normalized spacial score (nSPS) is 30.5. The van der Waals surface area contributed by atoms with E-state index in [0.29, 0.717) is 12.3 Å². The Morgan fingerprint density at radius 3 is 2.35 bits per heavy atom. The summed E-state index contributed by atoms with van der Waals surface area (Å²) in [6.07, 6.45) is 2.81. The van der Waals surface area contributed by atoms with E-state index in [1.807, 2.05) is 0 Å². The van der Waals surface area contributed by atoms with Crippen LogP contribution in [-0.4, -0.2) is 64.0 Å². The lowest BCUT2D eigenvalue weighted by molar-refractivity contribution is -0.124. The van der Waals surface area contributed by atoms with Crippen molar-refractivity contribution in [1.29, 1.82) is 0 Å². The molecule has 3 saturated carbocycles. The molecule has 2 amide bonds. The number of sulfone groups is 1. The summed E-state index contributed by atoms with van der Waals surface area (Å²) < 4.78 is 101. The molecule has 2 N–H and O–H groups in total. The molecule has 1 aliphatic heterocycles. The van der Waals surface area contributed by atoms with Gasteiger partial charge in [0.25, 0.3) is 15.7 Å². The summed E-state index contributed by atoms with van der Waals surface area (Å²) in [5.74, 6) is -3.21. The SMILES string of the molecule is COc1cc(F)c(O[C@H]2CC[C@@H](C)CC2)cc1C(=O)N[C@@H]1[C@@H]2C[C@@H]([C@H]3OCO[C@@H]23)[C@@H]1C(=O)Nc1cccc(S(=O)(=O)C(F)(F)F)c1. The van der Waals surface area contributed by atoms with Crippen molar-refractivity contribution in [1.82, 2.24) is 5.32 Å². The van der Waals surface area contributed by atoms with Gasteiger partial charge in [0.2, 0.25) is 5.91 Å². The van der Waals surface area contributed by atoms with Crippen LogP contribution in [0.15, 0.2) is 41.3 Å². The van der Waals surface area contributed by atoms with Crippen molar-refractivity contribution in [2.45, 2.75) is 73.8 Å². The summed E-state index contributed by atoms with van der Waals surface area (Å²) in [7, 11) is -4.35. The van der Waals surface area contributed by atoms with Gasteiger partial charge in [0.1, 0.15) is 12.5 Å². The molecule has 6 atom stereocenters. The van der Waals surface area contributed by atoms with Crippen LogP contribution in [-0.2, 0) is 24.1 Å². The van der Waals surface area contributed by atoms with E-state index in [1.54, 1.807) is 0 Å². The fourth-order valence-electron chi connectivity index (χ4n) is 7.32. The zero-order chi connectivity index (χ0) is 33.0. The average Bonchev–Trinajstić information content (AvgIpc) is 3.72. The molecule has 3 aliphatic carbocycles. The van der Waals surface area contributed by atoms with Crippen molar-refractivity contribution in [3.05, 3.63) is 47.8 Å². The zero-order valence-corrected chi connectivity index (χ0v) is 25.8. The Bertz CT molecular complexity index is 1610. The van der Waals surface area contributed by atoms with Gasteiger partial charge in [-0.1, -0.05) is 13.0 Å². The highest BCUT2D eigenvalue weighted by atomic mass is 32.2. The molecule has 4 aliphatic rings. The molecule has 2 aromatic rings. The Kier molecular flexibility index (Phi) is 8.70. The van der Waals surface area contributed by atoms with Crippen LogP contribution < -0.4 is 20.1 Å². The lowest BCUT2D eigenvalue weighted by Crippen LogP contribution is -2.55. The minimum Gasteiger partial charge on any atom is -0.496 e. The Morgan fingerprint density at radius 1 is 0.978 bits per heavy atom. The van der Waals surface area contributed by atoms with Gasteiger partial charge in [-0.3, -0.25) is 9.59 Å². The second-order valence-corrected chi connectivity index (χ2v) is 14.4. The number of hydrogen-bond donors (Lipinski definition) is 2. The number of anilines is 1. The number of rotatable bonds is 8. The molecule has 4 fully saturated rings. The summed E-state index contributed by atoms with van der Waals surface area (Å²) >= 11 is 0. The number of hydrogen-bond acceptors (Lipinski definition) is 8. The highest BCUT2D eigenvalue weighted by Crippen LogP contribution is 2.53. The maximum atomic E-state index is 15.0. The Hall–Kier alpha value is -3.43. The van der Waals surface area contributed by atoms with Crippen LogP contribution in [0.25, 0.3) is 0 Å². The lowest BCUT2D eigenvalue weighted by atomic mass is 9.80. The number of ether oxygens (including phenoxy) is 4. The number of fused-ring (bicyclic) bond motifs is 5. The second kappa shape index (κ2) is 12.3. The van der Waals surface area contributed by atoms with Gasteiger partial charge in [0.05, 0.1) is 41.8 Å². The topological polar surface area (TPSA) is 129 Å². The van der Waals surface area contributed by atoms with Crippen molar-refractivity contribution in [3.63, 3.8) is 0 Å². The predicted molar refractivity (Wildman–Crippen MR) is 154 cm³/mol. The Balaban J connectivity index is 1.25. The first-order valence-electron chi connectivity index (χ1n) is 15.1. The third kappa shape index (κ3) is 5.92. The van der Waals surface area contributed by atoms with E-state index in [2.05, 4.69) is 17.6 Å². The lowest BCUT2D eigenvalue weighted by Gasteiger charge is -2.36. The van der Waals surface area contributed by atoms with Crippen LogP contribution in [0, 0.1) is 29.5 Å². The van der Waals surface area contributed by atoms with Crippen molar-refractivity contribution in [3.8, 4) is 11.5 Å². The minimum absolute atomic E-state index is 0.00111. The summed E-state index contributed by atoms with van der Waals surface area (Å²) in [5, 5.41) is 5.43. The van der Waals surface area contributed by atoms with Crippen molar-refractivity contribution in [2.75, 3.05) is 19.2 Å². The van der Waals surface area contributed by atoms with E-state index in [9.17, 15) is 31.2 Å². The Labute approximate surface area is 263 Å². The second-order valence-electron chi connectivity index (χ2n) is 12.4. The van der Waals surface area contributed by atoms with Crippen molar-refractivity contribution < 1.29 is 54.5 Å². The monoisotopic (exact) mass is 670 g/mol. The van der Waals surface area contributed by atoms with Gasteiger partial charge in [0, 0.05) is 29.6 Å². The summed E-state index contributed by atoms with van der Waals surface area (Å²) in [6.45, 7) is 2.15. The third-order valence-corrected chi connectivity index (χ3v) is 11.1. The number of nitrogens with one attached hydrogen (secondary N) is 2. The first-order valence-corrected chi connectivity index (χ1v) is 16.6. The standard InChI is InChI=1S/C31H34F4N2O8S/c1-15-6-8-17(9-7-15)45-24-12-19(23(42-2)13-22(24)32)29(38)37-26-21-11-20(27-28(21)44-14-43-27)25(26)30(39)36-16-4-3-5-18(10-16)46(40,41)31(33,34)35/h3-5,10,12-13,15,17,20-21,25-28H,6-9,11,14H2,1-2H3,(H,36,39)(H,37,38)/t15-,17+,20-,21+,25+,26-,27-,28+/m1/s1. The van der Waals surface area contributed by atoms with Crippen LogP contribution >= 0.6 is 0 Å². The first kappa shape index (κ1) is 32.5. The number of halogens is 4. The smallest absolute Gasteiger partial charge is 0.496 e. The highest BCUT2D eigenvalue weighted by Gasteiger charge is 2.63. The van der Waals surface area contributed by atoms with E-state index >= 15 is 4.39 Å². The molecule has 0 aromatic heterocycles.